The predicted molar refractivity (Wildman–Crippen MR) is 149 cm³/mol. The van der Waals surface area contributed by atoms with Gasteiger partial charge in [-0.05, 0) is 56.5 Å². The standard InChI is InChI=1S/C30H35N3O4S/c1-23-12-11-13-25(20-23)21-32(24(2)30(35)31-26-14-9-10-15-26)29(34)22-33(27-16-5-3-6-17-27)38(36,37)28-18-7-4-8-19-28/h3-8,11-13,16-20,24,26H,9-10,14-15,21-22H2,1-2H3,(H,31,35)/t24-/m1/s1. The zero-order chi connectivity index (χ0) is 27.1. The highest BCUT2D eigenvalue weighted by molar-refractivity contribution is 7.92. The number of amides is 2. The number of hydrogen-bond donors (Lipinski definition) is 1. The molecule has 0 aromatic heterocycles. The van der Waals surface area contributed by atoms with Crippen molar-refractivity contribution in [2.24, 2.45) is 0 Å². The summed E-state index contributed by atoms with van der Waals surface area (Å²) < 4.78 is 28.5. The number of carbonyl (C=O) groups excluding carboxylic acids is 2. The lowest BCUT2D eigenvalue weighted by molar-refractivity contribution is -0.139. The number of rotatable bonds is 10. The van der Waals surface area contributed by atoms with E-state index in [4.69, 9.17) is 0 Å². The number of benzene rings is 3. The van der Waals surface area contributed by atoms with Gasteiger partial charge in [0.15, 0.2) is 0 Å². The van der Waals surface area contributed by atoms with E-state index in [-0.39, 0.29) is 23.4 Å². The van der Waals surface area contributed by atoms with Crippen LogP contribution in [0.5, 0.6) is 0 Å². The molecule has 0 radical (unpaired) electrons. The van der Waals surface area contributed by atoms with Gasteiger partial charge in [0.2, 0.25) is 11.8 Å². The molecule has 1 aliphatic carbocycles. The number of anilines is 1. The number of hydrogen-bond acceptors (Lipinski definition) is 4. The van der Waals surface area contributed by atoms with Gasteiger partial charge in [-0.2, -0.15) is 0 Å². The van der Waals surface area contributed by atoms with Crippen molar-refractivity contribution in [3.8, 4) is 0 Å². The lowest BCUT2D eigenvalue weighted by Gasteiger charge is -2.32. The van der Waals surface area contributed by atoms with E-state index < -0.39 is 28.5 Å². The summed E-state index contributed by atoms with van der Waals surface area (Å²) in [6, 6.07) is 23.7. The molecule has 8 heteroatoms. The third-order valence-corrected chi connectivity index (χ3v) is 8.75. The summed E-state index contributed by atoms with van der Waals surface area (Å²) in [6.45, 7) is 3.42. The van der Waals surface area contributed by atoms with E-state index >= 15 is 0 Å². The summed E-state index contributed by atoms with van der Waals surface area (Å²) >= 11 is 0. The van der Waals surface area contributed by atoms with Gasteiger partial charge in [0.05, 0.1) is 10.6 Å². The zero-order valence-electron chi connectivity index (χ0n) is 21.9. The Balaban J connectivity index is 1.66. The minimum Gasteiger partial charge on any atom is -0.352 e. The van der Waals surface area contributed by atoms with Gasteiger partial charge >= 0.3 is 0 Å². The minimum atomic E-state index is -4.04. The monoisotopic (exact) mass is 533 g/mol. The predicted octanol–water partition coefficient (Wildman–Crippen LogP) is 4.67. The molecule has 0 spiro atoms. The Labute approximate surface area is 225 Å². The Morgan fingerprint density at radius 2 is 1.55 bits per heavy atom. The summed E-state index contributed by atoms with van der Waals surface area (Å²) in [6.07, 6.45) is 4.02. The van der Waals surface area contributed by atoms with Crippen molar-refractivity contribution in [1.82, 2.24) is 10.2 Å². The average Bonchev–Trinajstić information content (AvgIpc) is 3.44. The molecule has 2 amide bonds. The van der Waals surface area contributed by atoms with E-state index in [1.54, 1.807) is 55.5 Å². The van der Waals surface area contributed by atoms with Crippen molar-refractivity contribution in [2.75, 3.05) is 10.8 Å². The fraction of sp³-hybridized carbons (Fsp3) is 0.333. The Morgan fingerprint density at radius 3 is 2.18 bits per heavy atom. The zero-order valence-corrected chi connectivity index (χ0v) is 22.7. The van der Waals surface area contributed by atoms with Gasteiger partial charge in [-0.1, -0.05) is 79.1 Å². The molecule has 1 fully saturated rings. The summed E-state index contributed by atoms with van der Waals surface area (Å²) in [5, 5.41) is 3.09. The van der Waals surface area contributed by atoms with Crippen molar-refractivity contribution in [1.29, 1.82) is 0 Å². The second kappa shape index (κ2) is 12.3. The van der Waals surface area contributed by atoms with Crippen LogP contribution >= 0.6 is 0 Å². The Morgan fingerprint density at radius 1 is 0.921 bits per heavy atom. The summed E-state index contributed by atoms with van der Waals surface area (Å²) in [5.74, 6) is -0.681. The van der Waals surface area contributed by atoms with Crippen molar-refractivity contribution >= 4 is 27.5 Å². The van der Waals surface area contributed by atoms with Crippen LogP contribution in [0.1, 0.15) is 43.7 Å². The maximum atomic E-state index is 13.9. The highest BCUT2D eigenvalue weighted by atomic mass is 32.2. The smallest absolute Gasteiger partial charge is 0.264 e. The SMILES string of the molecule is Cc1cccc(CN(C(=O)CN(c2ccccc2)S(=O)(=O)c2ccccc2)[C@H](C)C(=O)NC2CCCC2)c1. The highest BCUT2D eigenvalue weighted by Crippen LogP contribution is 2.24. The molecule has 1 aliphatic rings. The van der Waals surface area contributed by atoms with Gasteiger partial charge in [-0.25, -0.2) is 8.42 Å². The van der Waals surface area contributed by atoms with E-state index in [1.807, 2.05) is 31.2 Å². The summed E-state index contributed by atoms with van der Waals surface area (Å²) in [5.41, 5.74) is 2.29. The van der Waals surface area contributed by atoms with Gasteiger partial charge in [-0.3, -0.25) is 13.9 Å². The van der Waals surface area contributed by atoms with Crippen LogP contribution in [-0.2, 0) is 26.2 Å². The number of nitrogens with zero attached hydrogens (tertiary/aromatic N) is 2. The minimum absolute atomic E-state index is 0.0916. The van der Waals surface area contributed by atoms with Crippen LogP contribution in [0.2, 0.25) is 0 Å². The number of carbonyl (C=O) groups is 2. The Bertz CT molecular complexity index is 1340. The van der Waals surface area contributed by atoms with E-state index in [1.165, 1.54) is 17.0 Å². The molecule has 1 saturated carbocycles. The molecule has 1 N–H and O–H groups in total. The molecule has 0 saturated heterocycles. The molecule has 200 valence electrons. The lowest BCUT2D eigenvalue weighted by Crippen LogP contribution is -2.52. The highest BCUT2D eigenvalue weighted by Gasteiger charge is 2.33. The van der Waals surface area contributed by atoms with Crippen molar-refractivity contribution in [3.63, 3.8) is 0 Å². The number of para-hydroxylation sites is 1. The van der Waals surface area contributed by atoms with E-state index in [2.05, 4.69) is 5.32 Å². The number of aryl methyl sites for hydroxylation is 1. The van der Waals surface area contributed by atoms with Gasteiger partial charge in [0, 0.05) is 12.6 Å². The molecular formula is C30H35N3O4S. The van der Waals surface area contributed by atoms with Crippen LogP contribution in [0, 0.1) is 6.92 Å². The van der Waals surface area contributed by atoms with Crippen LogP contribution in [0.4, 0.5) is 5.69 Å². The third kappa shape index (κ3) is 6.61. The van der Waals surface area contributed by atoms with Crippen molar-refractivity contribution in [2.45, 2.75) is 63.1 Å². The van der Waals surface area contributed by atoms with Gasteiger partial charge < -0.3 is 10.2 Å². The van der Waals surface area contributed by atoms with E-state index in [0.29, 0.717) is 5.69 Å². The van der Waals surface area contributed by atoms with Crippen LogP contribution in [0.3, 0.4) is 0 Å². The molecule has 0 unspecified atom stereocenters. The summed E-state index contributed by atoms with van der Waals surface area (Å²) in [4.78, 5) is 28.7. The van der Waals surface area contributed by atoms with Crippen LogP contribution in [0.15, 0.2) is 89.8 Å². The second-order valence-corrected chi connectivity index (χ2v) is 11.7. The number of sulfonamides is 1. The topological polar surface area (TPSA) is 86.8 Å². The molecular weight excluding hydrogens is 498 g/mol. The molecule has 1 atom stereocenters. The first-order valence-corrected chi connectivity index (χ1v) is 14.5. The first-order chi connectivity index (χ1) is 18.3. The largest absolute Gasteiger partial charge is 0.352 e. The molecule has 4 rings (SSSR count). The fourth-order valence-corrected chi connectivity index (χ4v) is 6.26. The van der Waals surface area contributed by atoms with Crippen molar-refractivity contribution in [3.05, 3.63) is 96.1 Å². The molecule has 38 heavy (non-hydrogen) atoms. The van der Waals surface area contributed by atoms with Gasteiger partial charge in [0.1, 0.15) is 12.6 Å². The number of nitrogens with one attached hydrogen (secondary N) is 1. The fourth-order valence-electron chi connectivity index (χ4n) is 4.82. The maximum absolute atomic E-state index is 13.9. The van der Waals surface area contributed by atoms with E-state index in [0.717, 1.165) is 41.1 Å². The van der Waals surface area contributed by atoms with Crippen LogP contribution in [-0.4, -0.2) is 43.8 Å². The molecule has 0 aliphatic heterocycles. The average molecular weight is 534 g/mol. The molecule has 0 bridgehead atoms. The van der Waals surface area contributed by atoms with Gasteiger partial charge in [-0.15, -0.1) is 0 Å². The summed E-state index contributed by atoms with van der Waals surface area (Å²) in [7, 11) is -4.04. The quantitative estimate of drug-likeness (QED) is 0.411. The second-order valence-electron chi connectivity index (χ2n) is 9.84. The van der Waals surface area contributed by atoms with Gasteiger partial charge in [0.25, 0.3) is 10.0 Å². The van der Waals surface area contributed by atoms with Crippen LogP contribution < -0.4 is 9.62 Å². The van der Waals surface area contributed by atoms with E-state index in [9.17, 15) is 18.0 Å². The van der Waals surface area contributed by atoms with Crippen LogP contribution in [0.25, 0.3) is 0 Å². The lowest BCUT2D eigenvalue weighted by atomic mass is 10.1. The maximum Gasteiger partial charge on any atom is 0.264 e. The first kappa shape index (κ1) is 27.4. The molecule has 7 nitrogen and oxygen atoms in total. The Hall–Kier alpha value is -3.65. The van der Waals surface area contributed by atoms with Crippen molar-refractivity contribution < 1.29 is 18.0 Å². The molecule has 0 heterocycles. The first-order valence-electron chi connectivity index (χ1n) is 13.0. The molecule has 3 aromatic rings. The molecule has 3 aromatic carbocycles. The Kier molecular flexibility index (Phi) is 8.84. The normalized spacial score (nSPS) is 14.6. The third-order valence-electron chi connectivity index (χ3n) is 6.96.